The van der Waals surface area contributed by atoms with Crippen LogP contribution in [0.2, 0.25) is 0 Å². The Labute approximate surface area is 207 Å². The molecule has 5 rings (SSSR count). The van der Waals surface area contributed by atoms with Crippen LogP contribution >= 0.6 is 0 Å². The highest BCUT2D eigenvalue weighted by atomic mass is 16.5. The summed E-state index contributed by atoms with van der Waals surface area (Å²) in [6.45, 7) is 4.73. The molecule has 190 valence electrons. The van der Waals surface area contributed by atoms with Crippen LogP contribution in [0, 0.1) is 5.41 Å². The lowest BCUT2D eigenvalue weighted by Gasteiger charge is -2.43. The van der Waals surface area contributed by atoms with Gasteiger partial charge in [0.15, 0.2) is 0 Å². The summed E-state index contributed by atoms with van der Waals surface area (Å²) in [5, 5.41) is 10.7. The number of amidine groups is 1. The Balaban J connectivity index is 1.28. The van der Waals surface area contributed by atoms with Gasteiger partial charge in [-0.1, -0.05) is 12.8 Å². The average molecular weight is 483 g/mol. The second-order valence-electron chi connectivity index (χ2n) is 10.8. The van der Waals surface area contributed by atoms with Crippen LogP contribution in [-0.4, -0.2) is 71.4 Å². The van der Waals surface area contributed by atoms with E-state index in [4.69, 9.17) is 14.9 Å². The fourth-order valence-corrected chi connectivity index (χ4v) is 6.18. The standard InChI is InChI=1S/C27H38N4O4/c1-27(34-2)12-14-30(15-13-27)21-6-4-3-5-7-23(21)35-19-8-9-20-18(16-19)17-31(26(20)33)22-10-11-24(32)29-25(22)28/h8-9,16,21-23H,3-7,10-15,17H2,1-2H3,(H2,28,29,32)/t21-,22?,23-/m0/s1. The van der Waals surface area contributed by atoms with E-state index >= 15 is 0 Å². The van der Waals surface area contributed by atoms with Crippen molar-refractivity contribution in [1.82, 2.24) is 15.1 Å². The zero-order chi connectivity index (χ0) is 24.6. The molecule has 3 fully saturated rings. The van der Waals surface area contributed by atoms with E-state index in [1.807, 2.05) is 25.3 Å². The molecule has 1 saturated carbocycles. The maximum atomic E-state index is 13.1. The van der Waals surface area contributed by atoms with Crippen molar-refractivity contribution in [3.05, 3.63) is 29.3 Å². The first-order chi connectivity index (χ1) is 16.9. The molecule has 1 aromatic carbocycles. The first-order valence-corrected chi connectivity index (χ1v) is 13.1. The minimum absolute atomic E-state index is 0.0204. The van der Waals surface area contributed by atoms with Crippen molar-refractivity contribution >= 4 is 17.6 Å². The summed E-state index contributed by atoms with van der Waals surface area (Å²) in [7, 11) is 1.82. The van der Waals surface area contributed by atoms with Gasteiger partial charge in [0.25, 0.3) is 5.91 Å². The van der Waals surface area contributed by atoms with Gasteiger partial charge in [0.1, 0.15) is 17.7 Å². The molecule has 8 nitrogen and oxygen atoms in total. The topological polar surface area (TPSA) is 95.0 Å². The van der Waals surface area contributed by atoms with Gasteiger partial charge in [0.05, 0.1) is 11.6 Å². The Bertz CT molecular complexity index is 987. The molecule has 0 bridgehead atoms. The highest BCUT2D eigenvalue weighted by molar-refractivity contribution is 6.06. The third kappa shape index (κ3) is 4.96. The van der Waals surface area contributed by atoms with Crippen LogP contribution in [-0.2, 0) is 16.1 Å². The predicted molar refractivity (Wildman–Crippen MR) is 133 cm³/mol. The number of nitrogens with zero attached hydrogens (tertiary/aromatic N) is 2. The van der Waals surface area contributed by atoms with Crippen LogP contribution < -0.4 is 10.1 Å². The zero-order valence-electron chi connectivity index (χ0n) is 21.0. The summed E-state index contributed by atoms with van der Waals surface area (Å²) >= 11 is 0. The normalized spacial score (nSPS) is 29.5. The molecule has 8 heteroatoms. The molecule has 1 unspecified atom stereocenters. The molecule has 0 radical (unpaired) electrons. The molecule has 3 atom stereocenters. The molecule has 2 N–H and O–H groups in total. The van der Waals surface area contributed by atoms with E-state index < -0.39 is 0 Å². The molecule has 0 spiro atoms. The summed E-state index contributed by atoms with van der Waals surface area (Å²) < 4.78 is 12.4. The number of amides is 2. The number of piperidine rings is 2. The molecule has 0 aromatic heterocycles. The fourth-order valence-electron chi connectivity index (χ4n) is 6.18. The summed E-state index contributed by atoms with van der Waals surface area (Å²) in [5.74, 6) is 0.719. The van der Waals surface area contributed by atoms with Gasteiger partial charge in [-0.3, -0.25) is 19.9 Å². The van der Waals surface area contributed by atoms with E-state index in [1.165, 1.54) is 19.3 Å². The molecular weight excluding hydrogens is 444 g/mol. The number of nitrogens with one attached hydrogen (secondary N) is 2. The van der Waals surface area contributed by atoms with E-state index in [-0.39, 0.29) is 35.4 Å². The van der Waals surface area contributed by atoms with Crippen LogP contribution in [0.5, 0.6) is 5.75 Å². The third-order valence-electron chi connectivity index (χ3n) is 8.56. The lowest BCUT2D eigenvalue weighted by molar-refractivity contribution is -0.120. The number of rotatable bonds is 5. The number of carbonyl (C=O) groups is 2. The number of likely N-dealkylation sites (tertiary alicyclic amines) is 1. The Morgan fingerprint density at radius 2 is 1.86 bits per heavy atom. The Morgan fingerprint density at radius 3 is 2.60 bits per heavy atom. The summed E-state index contributed by atoms with van der Waals surface area (Å²) in [6.07, 6.45) is 8.91. The van der Waals surface area contributed by atoms with Crippen molar-refractivity contribution in [2.24, 2.45) is 0 Å². The van der Waals surface area contributed by atoms with Gasteiger partial charge in [-0.05, 0) is 69.2 Å². The average Bonchev–Trinajstić information content (AvgIpc) is 3.00. The van der Waals surface area contributed by atoms with Crippen molar-refractivity contribution in [1.29, 1.82) is 5.41 Å². The molecule has 4 aliphatic rings. The molecule has 1 aromatic rings. The van der Waals surface area contributed by atoms with E-state index in [2.05, 4.69) is 17.1 Å². The Kier molecular flexibility index (Phi) is 6.86. The summed E-state index contributed by atoms with van der Waals surface area (Å²) in [6, 6.07) is 5.83. The predicted octanol–water partition coefficient (Wildman–Crippen LogP) is 3.48. The van der Waals surface area contributed by atoms with E-state index in [9.17, 15) is 9.59 Å². The summed E-state index contributed by atoms with van der Waals surface area (Å²) in [4.78, 5) is 29.0. The van der Waals surface area contributed by atoms with Gasteiger partial charge in [0, 0.05) is 44.8 Å². The van der Waals surface area contributed by atoms with Crippen molar-refractivity contribution in [3.8, 4) is 5.75 Å². The number of fused-ring (bicyclic) bond motifs is 1. The van der Waals surface area contributed by atoms with Crippen LogP contribution in [0.4, 0.5) is 0 Å². The monoisotopic (exact) mass is 482 g/mol. The number of hydrogen-bond acceptors (Lipinski definition) is 6. The maximum absolute atomic E-state index is 13.1. The van der Waals surface area contributed by atoms with Gasteiger partial charge in [-0.15, -0.1) is 0 Å². The van der Waals surface area contributed by atoms with Crippen LogP contribution in [0.15, 0.2) is 18.2 Å². The van der Waals surface area contributed by atoms with Gasteiger partial charge in [0.2, 0.25) is 5.91 Å². The second-order valence-corrected chi connectivity index (χ2v) is 10.8. The van der Waals surface area contributed by atoms with Crippen LogP contribution in [0.25, 0.3) is 0 Å². The highest BCUT2D eigenvalue weighted by Gasteiger charge is 2.39. The van der Waals surface area contributed by atoms with Gasteiger partial charge >= 0.3 is 0 Å². The largest absolute Gasteiger partial charge is 0.489 e. The molecule has 35 heavy (non-hydrogen) atoms. The van der Waals surface area contributed by atoms with Crippen molar-refractivity contribution in [2.75, 3.05) is 20.2 Å². The molecular formula is C27H38N4O4. The van der Waals surface area contributed by atoms with Crippen molar-refractivity contribution in [2.45, 2.75) is 95.0 Å². The number of benzene rings is 1. The van der Waals surface area contributed by atoms with Crippen molar-refractivity contribution in [3.63, 3.8) is 0 Å². The van der Waals surface area contributed by atoms with Gasteiger partial charge < -0.3 is 19.7 Å². The number of carbonyl (C=O) groups excluding carboxylic acids is 2. The fraction of sp³-hybridized carbons (Fsp3) is 0.667. The van der Waals surface area contributed by atoms with E-state index in [0.717, 1.165) is 50.1 Å². The lowest BCUT2D eigenvalue weighted by Crippen LogP contribution is -2.52. The molecule has 1 aliphatic carbocycles. The van der Waals surface area contributed by atoms with Crippen LogP contribution in [0.1, 0.15) is 80.6 Å². The molecule has 3 heterocycles. The highest BCUT2D eigenvalue weighted by Crippen LogP contribution is 2.34. The lowest BCUT2D eigenvalue weighted by atomic mass is 9.91. The zero-order valence-corrected chi connectivity index (χ0v) is 21.0. The smallest absolute Gasteiger partial charge is 0.255 e. The number of methoxy groups -OCH3 is 1. The molecule has 3 aliphatic heterocycles. The number of ether oxygens (including phenoxy) is 2. The van der Waals surface area contributed by atoms with E-state index in [1.54, 1.807) is 4.90 Å². The van der Waals surface area contributed by atoms with Gasteiger partial charge in [-0.2, -0.15) is 0 Å². The number of hydrogen-bond donors (Lipinski definition) is 2. The van der Waals surface area contributed by atoms with E-state index in [0.29, 0.717) is 31.0 Å². The first kappa shape index (κ1) is 24.3. The second kappa shape index (κ2) is 9.90. The molecule has 2 amide bonds. The SMILES string of the molecule is COC1(C)CCN([C@H]2CCCCC[C@@H]2Oc2ccc3c(c2)CN(C2CCC(=O)NC2=N)C3=O)CC1. The quantitative estimate of drug-likeness (QED) is 0.627. The Morgan fingerprint density at radius 1 is 1.09 bits per heavy atom. The first-order valence-electron chi connectivity index (χ1n) is 13.1. The molecule has 2 saturated heterocycles. The minimum Gasteiger partial charge on any atom is -0.489 e. The Hall–Kier alpha value is -2.45. The van der Waals surface area contributed by atoms with Crippen LogP contribution in [0.3, 0.4) is 0 Å². The third-order valence-corrected chi connectivity index (χ3v) is 8.56. The summed E-state index contributed by atoms with van der Waals surface area (Å²) in [5.41, 5.74) is 1.60. The maximum Gasteiger partial charge on any atom is 0.255 e. The van der Waals surface area contributed by atoms with Crippen molar-refractivity contribution < 1.29 is 19.1 Å². The minimum atomic E-state index is -0.375. The van der Waals surface area contributed by atoms with Gasteiger partial charge in [-0.25, -0.2) is 0 Å².